The summed E-state index contributed by atoms with van der Waals surface area (Å²) in [4.78, 5) is 13.9. The van der Waals surface area contributed by atoms with E-state index in [0.717, 1.165) is 30.5 Å². The van der Waals surface area contributed by atoms with Crippen molar-refractivity contribution in [1.29, 1.82) is 0 Å². The van der Waals surface area contributed by atoms with Crippen molar-refractivity contribution >= 4 is 27.4 Å². The largest absolute Gasteiger partial charge is 0.478 e. The maximum absolute atomic E-state index is 12.7. The van der Waals surface area contributed by atoms with Crippen molar-refractivity contribution in [3.05, 3.63) is 48.0 Å². The molecule has 1 aromatic heterocycles. The lowest BCUT2D eigenvalue weighted by atomic mass is 10.2. The summed E-state index contributed by atoms with van der Waals surface area (Å²) in [5, 5.41) is 9.03. The van der Waals surface area contributed by atoms with Crippen LogP contribution in [0.25, 0.3) is 0 Å². The molecule has 0 saturated carbocycles. The molecule has 0 unspecified atom stereocenters. The van der Waals surface area contributed by atoms with Gasteiger partial charge in [0.25, 0.3) is 10.0 Å². The Morgan fingerprint density at radius 2 is 2.00 bits per heavy atom. The first-order valence-electron chi connectivity index (χ1n) is 5.57. The topological polar surface area (TPSA) is 122 Å². The summed E-state index contributed by atoms with van der Waals surface area (Å²) in [6.07, 6.45) is 0.972. The van der Waals surface area contributed by atoms with E-state index >= 15 is 0 Å². The van der Waals surface area contributed by atoms with E-state index in [1.165, 1.54) is 6.07 Å². The Kier molecular flexibility index (Phi) is 3.76. The fourth-order valence-electron chi connectivity index (χ4n) is 1.58. The van der Waals surface area contributed by atoms with Crippen molar-refractivity contribution in [1.82, 2.24) is 4.98 Å². The third-order valence-corrected chi connectivity index (χ3v) is 3.93. The molecule has 0 aliphatic rings. The number of nitrogens with zero attached hydrogens (tertiary/aromatic N) is 1. The van der Waals surface area contributed by atoms with Crippen molar-refractivity contribution in [2.45, 2.75) is 4.90 Å². The van der Waals surface area contributed by atoms with Crippen molar-refractivity contribution < 1.29 is 22.7 Å². The summed E-state index contributed by atoms with van der Waals surface area (Å²) >= 11 is 0. The van der Waals surface area contributed by atoms with Crippen molar-refractivity contribution in [2.24, 2.45) is 0 Å². The van der Waals surface area contributed by atoms with Gasteiger partial charge >= 0.3 is 5.97 Å². The number of sulfonamides is 1. The van der Waals surface area contributed by atoms with Crippen LogP contribution in [-0.4, -0.2) is 24.5 Å². The van der Waals surface area contributed by atoms with Gasteiger partial charge in [0.2, 0.25) is 5.95 Å². The second kappa shape index (κ2) is 5.37. The molecule has 1 aromatic carbocycles. The van der Waals surface area contributed by atoms with Gasteiger partial charge in [-0.25, -0.2) is 18.2 Å². The Morgan fingerprint density at radius 3 is 2.57 bits per heavy atom. The predicted octanol–water partition coefficient (Wildman–Crippen LogP) is 1.30. The first-order chi connectivity index (χ1) is 9.79. The van der Waals surface area contributed by atoms with E-state index in [9.17, 15) is 17.6 Å². The molecule has 21 heavy (non-hydrogen) atoms. The number of pyridine rings is 1. The molecule has 2 rings (SSSR count). The molecular weight excluding hydrogens is 301 g/mol. The van der Waals surface area contributed by atoms with E-state index in [4.69, 9.17) is 10.8 Å². The number of nitrogens with two attached hydrogens (primary N) is 1. The van der Waals surface area contributed by atoms with Gasteiger partial charge in [0, 0.05) is 5.69 Å². The van der Waals surface area contributed by atoms with Gasteiger partial charge < -0.3 is 10.8 Å². The summed E-state index contributed by atoms with van der Waals surface area (Å²) in [6.45, 7) is 0. The highest BCUT2D eigenvalue weighted by molar-refractivity contribution is 7.92. The number of carbonyl (C=O) groups is 1. The lowest BCUT2D eigenvalue weighted by Crippen LogP contribution is -2.17. The van der Waals surface area contributed by atoms with Crippen LogP contribution in [0.3, 0.4) is 0 Å². The minimum absolute atomic E-state index is 0.00448. The number of carboxylic acid groups (broad SMARTS) is 1. The lowest BCUT2D eigenvalue weighted by Gasteiger charge is -2.10. The smallest absolute Gasteiger partial charge is 0.337 e. The number of nitrogen functional groups attached to an aromatic ring is 1. The lowest BCUT2D eigenvalue weighted by molar-refractivity contribution is 0.0692. The highest BCUT2D eigenvalue weighted by Gasteiger charge is 2.22. The van der Waals surface area contributed by atoms with Gasteiger partial charge in [-0.05, 0) is 30.3 Å². The van der Waals surface area contributed by atoms with Gasteiger partial charge in [-0.15, -0.1) is 0 Å². The molecule has 2 aromatic rings. The first kappa shape index (κ1) is 14.7. The molecule has 0 spiro atoms. The monoisotopic (exact) mass is 311 g/mol. The molecule has 9 heteroatoms. The number of aromatic nitrogens is 1. The maximum atomic E-state index is 12.7. The van der Waals surface area contributed by atoms with Crippen LogP contribution in [-0.2, 0) is 10.0 Å². The number of nitrogens with one attached hydrogen (secondary N) is 1. The van der Waals surface area contributed by atoms with Gasteiger partial charge in [0.05, 0.1) is 17.4 Å². The van der Waals surface area contributed by atoms with Gasteiger partial charge in [-0.1, -0.05) is 0 Å². The van der Waals surface area contributed by atoms with Crippen LogP contribution >= 0.6 is 0 Å². The molecule has 0 radical (unpaired) electrons. The van der Waals surface area contributed by atoms with Crippen LogP contribution in [0.5, 0.6) is 0 Å². The number of hydrogen-bond acceptors (Lipinski definition) is 5. The average molecular weight is 311 g/mol. The molecule has 0 aliphatic carbocycles. The van der Waals surface area contributed by atoms with E-state index in [0.29, 0.717) is 0 Å². The van der Waals surface area contributed by atoms with E-state index < -0.39 is 32.4 Å². The summed E-state index contributed by atoms with van der Waals surface area (Å²) < 4.78 is 39.2. The predicted molar refractivity (Wildman–Crippen MR) is 72.8 cm³/mol. The van der Waals surface area contributed by atoms with Gasteiger partial charge in [0.15, 0.2) is 0 Å². The molecule has 0 aliphatic heterocycles. The zero-order valence-electron chi connectivity index (χ0n) is 10.4. The van der Waals surface area contributed by atoms with E-state index in [1.54, 1.807) is 0 Å². The molecule has 1 heterocycles. The second-order valence-electron chi connectivity index (χ2n) is 4.04. The SMILES string of the molecule is Nc1ccc(C(=O)O)c(S(=O)(=O)Nc2ccc(F)nc2)c1. The van der Waals surface area contributed by atoms with Gasteiger partial charge in [-0.3, -0.25) is 4.72 Å². The number of rotatable bonds is 4. The van der Waals surface area contributed by atoms with Crippen LogP contribution in [0.4, 0.5) is 15.8 Å². The molecule has 4 N–H and O–H groups in total. The summed E-state index contributed by atoms with van der Waals surface area (Å²) in [5.74, 6) is -2.18. The Bertz CT molecular complexity index is 791. The molecule has 110 valence electrons. The van der Waals surface area contributed by atoms with Crippen molar-refractivity contribution in [2.75, 3.05) is 10.5 Å². The van der Waals surface area contributed by atoms with E-state index in [2.05, 4.69) is 9.71 Å². The molecule has 0 bridgehead atoms. The van der Waals surface area contributed by atoms with Gasteiger partial charge in [-0.2, -0.15) is 4.39 Å². The zero-order chi connectivity index (χ0) is 15.6. The fraction of sp³-hybridized carbons (Fsp3) is 0. The van der Waals surface area contributed by atoms with Crippen LogP contribution < -0.4 is 10.5 Å². The number of halogens is 1. The van der Waals surface area contributed by atoms with Crippen LogP contribution in [0.15, 0.2) is 41.4 Å². The average Bonchev–Trinajstić information content (AvgIpc) is 2.41. The first-order valence-corrected chi connectivity index (χ1v) is 7.05. The minimum atomic E-state index is -4.20. The highest BCUT2D eigenvalue weighted by Crippen LogP contribution is 2.22. The molecule has 7 nitrogen and oxygen atoms in total. The number of anilines is 2. The Labute approximate surface area is 119 Å². The Hall–Kier alpha value is -2.68. The Morgan fingerprint density at radius 1 is 1.29 bits per heavy atom. The van der Waals surface area contributed by atoms with Crippen molar-refractivity contribution in [3.8, 4) is 0 Å². The second-order valence-corrected chi connectivity index (χ2v) is 5.69. The number of hydrogen-bond donors (Lipinski definition) is 3. The standard InChI is InChI=1S/C12H10FN3O4S/c13-11-4-2-8(6-15-11)16-21(19,20)10-5-7(14)1-3-9(10)12(17)18/h1-6,16H,14H2,(H,17,18). The zero-order valence-corrected chi connectivity index (χ0v) is 11.3. The number of benzene rings is 1. The molecule has 0 atom stereocenters. The third kappa shape index (κ3) is 3.26. The summed E-state index contributed by atoms with van der Waals surface area (Å²) in [5.41, 5.74) is 5.16. The fourth-order valence-corrected chi connectivity index (χ4v) is 2.86. The van der Waals surface area contributed by atoms with Crippen LogP contribution in [0.2, 0.25) is 0 Å². The van der Waals surface area contributed by atoms with Crippen molar-refractivity contribution in [3.63, 3.8) is 0 Å². The quantitative estimate of drug-likeness (QED) is 0.578. The summed E-state index contributed by atoms with van der Waals surface area (Å²) in [7, 11) is -4.20. The summed E-state index contributed by atoms with van der Waals surface area (Å²) in [6, 6.07) is 5.53. The molecule has 0 amide bonds. The molecule has 0 saturated heterocycles. The third-order valence-electron chi connectivity index (χ3n) is 2.51. The van der Waals surface area contributed by atoms with Crippen LogP contribution in [0.1, 0.15) is 10.4 Å². The number of carboxylic acids is 1. The van der Waals surface area contributed by atoms with Gasteiger partial charge in [0.1, 0.15) is 4.90 Å². The maximum Gasteiger partial charge on any atom is 0.337 e. The number of aromatic carboxylic acids is 1. The minimum Gasteiger partial charge on any atom is -0.478 e. The van der Waals surface area contributed by atoms with E-state index in [1.807, 2.05) is 0 Å². The Balaban J connectivity index is 2.46. The highest BCUT2D eigenvalue weighted by atomic mass is 32.2. The molecule has 0 fully saturated rings. The van der Waals surface area contributed by atoms with E-state index in [-0.39, 0.29) is 11.4 Å². The normalized spacial score (nSPS) is 11.1. The molecular formula is C12H10FN3O4S. The van der Waals surface area contributed by atoms with Crippen LogP contribution in [0, 0.1) is 5.95 Å².